The topological polar surface area (TPSA) is 101 Å². The molecule has 0 atom stereocenters. The van der Waals surface area contributed by atoms with Crippen molar-refractivity contribution >= 4 is 23.8 Å². The Bertz CT molecular complexity index is 620. The smallest absolute Gasteiger partial charge is 0.333 e. The number of carboxylic acid groups (broad SMARTS) is 1. The minimum Gasteiger partial charge on any atom is -0.481 e. The Morgan fingerprint density at radius 3 is 1.08 bits per heavy atom. The minimum absolute atomic E-state index is 0.134. The van der Waals surface area contributed by atoms with Crippen molar-refractivity contribution < 1.29 is 29.1 Å². The molecule has 7 nitrogen and oxygen atoms in total. The molecule has 37 heavy (non-hydrogen) atoms. The van der Waals surface area contributed by atoms with Gasteiger partial charge in [-0.3, -0.25) is 14.4 Å². The van der Waals surface area contributed by atoms with E-state index in [1.807, 2.05) is 0 Å². The lowest BCUT2D eigenvalue weighted by molar-refractivity contribution is -0.197. The second-order valence-corrected chi connectivity index (χ2v) is 10.7. The highest BCUT2D eigenvalue weighted by Crippen LogP contribution is 2.16. The normalized spacial score (nSPS) is 13.5. The third-order valence-corrected chi connectivity index (χ3v) is 7.22. The van der Waals surface area contributed by atoms with Crippen LogP contribution in [-0.2, 0) is 24.0 Å². The number of imide groups is 1. The van der Waals surface area contributed by atoms with E-state index < -0.39 is 23.8 Å². The number of unbranched alkanes of at least 4 members (excludes halogenated alkanes) is 21. The van der Waals surface area contributed by atoms with Crippen LogP contribution in [0.4, 0.5) is 0 Å². The van der Waals surface area contributed by atoms with Gasteiger partial charge < -0.3 is 9.94 Å². The van der Waals surface area contributed by atoms with Gasteiger partial charge in [0.25, 0.3) is 11.8 Å². The van der Waals surface area contributed by atoms with Gasteiger partial charge in [-0.15, -0.1) is 5.06 Å². The van der Waals surface area contributed by atoms with Crippen molar-refractivity contribution in [3.8, 4) is 0 Å². The summed E-state index contributed by atoms with van der Waals surface area (Å²) in [4.78, 5) is 49.9. The zero-order valence-electron chi connectivity index (χ0n) is 23.3. The zero-order chi connectivity index (χ0) is 27.0. The molecular formula is C30H53NO6. The number of rotatable bonds is 26. The molecule has 1 N–H and O–H groups in total. The Balaban J connectivity index is 1.70. The van der Waals surface area contributed by atoms with Gasteiger partial charge in [0.2, 0.25) is 0 Å². The highest BCUT2D eigenvalue weighted by atomic mass is 16.7. The molecule has 1 aliphatic rings. The number of carboxylic acids is 1. The summed E-state index contributed by atoms with van der Waals surface area (Å²) in [6.07, 6.45) is 28.0. The van der Waals surface area contributed by atoms with Crippen molar-refractivity contribution in [1.29, 1.82) is 0 Å². The summed E-state index contributed by atoms with van der Waals surface area (Å²) >= 11 is 0. The maximum atomic E-state index is 11.7. The van der Waals surface area contributed by atoms with E-state index >= 15 is 0 Å². The summed E-state index contributed by atoms with van der Waals surface area (Å²) in [7, 11) is 0. The number of hydrogen-bond acceptors (Lipinski definition) is 5. The second kappa shape index (κ2) is 23.2. The predicted octanol–water partition coefficient (Wildman–Crippen LogP) is 8.04. The Kier molecular flexibility index (Phi) is 20.8. The Morgan fingerprint density at radius 2 is 0.784 bits per heavy atom. The lowest BCUT2D eigenvalue weighted by Crippen LogP contribution is -2.31. The van der Waals surface area contributed by atoms with Gasteiger partial charge in [0.05, 0.1) is 0 Å². The van der Waals surface area contributed by atoms with Gasteiger partial charge in [0.15, 0.2) is 0 Å². The molecule has 0 bridgehead atoms. The fraction of sp³-hybridized carbons (Fsp3) is 0.867. The summed E-state index contributed by atoms with van der Waals surface area (Å²) < 4.78 is 0. The summed E-state index contributed by atoms with van der Waals surface area (Å²) in [6, 6.07) is 0. The fourth-order valence-corrected chi connectivity index (χ4v) is 4.89. The van der Waals surface area contributed by atoms with Crippen LogP contribution in [0.5, 0.6) is 0 Å². The van der Waals surface area contributed by atoms with E-state index in [9.17, 15) is 19.2 Å². The highest BCUT2D eigenvalue weighted by molar-refractivity contribution is 6.01. The zero-order valence-corrected chi connectivity index (χ0v) is 23.3. The summed E-state index contributed by atoms with van der Waals surface area (Å²) in [6.45, 7) is 0. The van der Waals surface area contributed by atoms with E-state index in [4.69, 9.17) is 9.94 Å². The van der Waals surface area contributed by atoms with Crippen LogP contribution in [0, 0.1) is 0 Å². The van der Waals surface area contributed by atoms with Gasteiger partial charge >= 0.3 is 11.9 Å². The van der Waals surface area contributed by atoms with Crippen molar-refractivity contribution in [2.45, 2.75) is 167 Å². The molecule has 0 spiro atoms. The molecule has 0 saturated carbocycles. The average Bonchev–Trinajstić information content (AvgIpc) is 3.18. The van der Waals surface area contributed by atoms with E-state index in [1.54, 1.807) is 0 Å². The first-order chi connectivity index (χ1) is 18.0. The van der Waals surface area contributed by atoms with Gasteiger partial charge in [0.1, 0.15) is 0 Å². The first-order valence-electron chi connectivity index (χ1n) is 15.3. The molecule has 0 aromatic heterocycles. The van der Waals surface area contributed by atoms with Crippen molar-refractivity contribution in [1.82, 2.24) is 5.06 Å². The van der Waals surface area contributed by atoms with Gasteiger partial charge in [-0.25, -0.2) is 4.79 Å². The minimum atomic E-state index is -0.671. The number of carbonyl (C=O) groups excluding carboxylic acids is 3. The quantitative estimate of drug-likeness (QED) is 0.0909. The SMILES string of the molecule is O=C(O)CCCCCCCCCCCCCCCCCCCCCCCCC(=O)ON1C(=O)CCC1=O. The summed E-state index contributed by atoms with van der Waals surface area (Å²) in [5.74, 6) is -2.00. The molecule has 1 saturated heterocycles. The second-order valence-electron chi connectivity index (χ2n) is 10.7. The van der Waals surface area contributed by atoms with E-state index in [-0.39, 0.29) is 19.3 Å². The van der Waals surface area contributed by atoms with Crippen molar-refractivity contribution in [3.63, 3.8) is 0 Å². The lowest BCUT2D eigenvalue weighted by atomic mass is 10.0. The largest absolute Gasteiger partial charge is 0.481 e. The van der Waals surface area contributed by atoms with Gasteiger partial charge in [-0.2, -0.15) is 0 Å². The molecule has 0 aromatic carbocycles. The number of carbonyl (C=O) groups is 4. The average molecular weight is 524 g/mol. The maximum Gasteiger partial charge on any atom is 0.333 e. The van der Waals surface area contributed by atoms with E-state index in [2.05, 4.69) is 0 Å². The molecule has 1 heterocycles. The van der Waals surface area contributed by atoms with Crippen LogP contribution >= 0.6 is 0 Å². The molecule has 7 heteroatoms. The van der Waals surface area contributed by atoms with Crippen molar-refractivity contribution in [2.24, 2.45) is 0 Å². The van der Waals surface area contributed by atoms with Gasteiger partial charge in [-0.1, -0.05) is 128 Å². The number of aliphatic carboxylic acids is 1. The molecule has 0 radical (unpaired) electrons. The molecule has 0 aromatic rings. The van der Waals surface area contributed by atoms with Gasteiger partial charge in [0, 0.05) is 25.7 Å². The van der Waals surface area contributed by atoms with E-state index in [0.29, 0.717) is 11.5 Å². The summed E-state index contributed by atoms with van der Waals surface area (Å²) in [5, 5.41) is 9.24. The number of hydroxylamine groups is 2. The van der Waals surface area contributed by atoms with Crippen LogP contribution in [0.3, 0.4) is 0 Å². The molecule has 1 rings (SSSR count). The van der Waals surface area contributed by atoms with Crippen LogP contribution in [0.15, 0.2) is 0 Å². The molecule has 2 amide bonds. The molecule has 0 aliphatic carbocycles. The van der Waals surface area contributed by atoms with Crippen LogP contribution in [0.2, 0.25) is 0 Å². The number of amides is 2. The lowest BCUT2D eigenvalue weighted by Gasteiger charge is -2.12. The van der Waals surface area contributed by atoms with E-state index in [0.717, 1.165) is 32.1 Å². The fourth-order valence-electron chi connectivity index (χ4n) is 4.89. The molecular weight excluding hydrogens is 470 g/mol. The third-order valence-electron chi connectivity index (χ3n) is 7.22. The Labute approximate surface area is 225 Å². The molecule has 1 fully saturated rings. The predicted molar refractivity (Wildman–Crippen MR) is 146 cm³/mol. The standard InChI is InChI=1S/C30H53NO6/c32-27-25-26-28(33)31(27)37-30(36)24-22-20-18-16-14-12-10-8-6-4-2-1-3-5-7-9-11-13-15-17-19-21-23-29(34)35/h1-26H2,(H,34,35). The number of hydrogen-bond donors (Lipinski definition) is 1. The maximum absolute atomic E-state index is 11.7. The van der Waals surface area contributed by atoms with Crippen molar-refractivity contribution in [3.05, 3.63) is 0 Å². The van der Waals surface area contributed by atoms with Crippen molar-refractivity contribution in [2.75, 3.05) is 0 Å². The first kappa shape index (κ1) is 33.1. The first-order valence-corrected chi connectivity index (χ1v) is 15.3. The van der Waals surface area contributed by atoms with Gasteiger partial charge in [-0.05, 0) is 12.8 Å². The van der Waals surface area contributed by atoms with Crippen LogP contribution < -0.4 is 0 Å². The molecule has 0 unspecified atom stereocenters. The third kappa shape index (κ3) is 19.8. The summed E-state index contributed by atoms with van der Waals surface area (Å²) in [5.41, 5.74) is 0. The monoisotopic (exact) mass is 523 g/mol. The molecule has 1 aliphatic heterocycles. The Hall–Kier alpha value is -1.92. The van der Waals surface area contributed by atoms with Crippen LogP contribution in [0.1, 0.15) is 167 Å². The van der Waals surface area contributed by atoms with Crippen LogP contribution in [0.25, 0.3) is 0 Å². The highest BCUT2D eigenvalue weighted by Gasteiger charge is 2.32. The van der Waals surface area contributed by atoms with E-state index in [1.165, 1.54) is 109 Å². The van der Waals surface area contributed by atoms with Crippen LogP contribution in [-0.4, -0.2) is 33.9 Å². The number of nitrogens with zero attached hydrogens (tertiary/aromatic N) is 1. The Morgan fingerprint density at radius 1 is 0.514 bits per heavy atom. The molecule has 214 valence electrons.